The summed E-state index contributed by atoms with van der Waals surface area (Å²) in [6.07, 6.45) is 3.75. The number of piperidine rings is 1. The molecule has 4 nitrogen and oxygen atoms in total. The first-order valence-electron chi connectivity index (χ1n) is 7.68. The van der Waals surface area contributed by atoms with E-state index >= 15 is 0 Å². The number of fused-ring (bicyclic) bond motifs is 1. The Balaban J connectivity index is 1.86. The Kier molecular flexibility index (Phi) is 4.36. The molecule has 1 aromatic heterocycles. The first-order valence-corrected chi connectivity index (χ1v) is 7.68. The molecule has 4 heteroatoms. The molecule has 1 fully saturated rings. The van der Waals surface area contributed by atoms with E-state index < -0.39 is 0 Å². The fraction of sp³-hybridized carbons (Fsp3) is 0.471. The molecule has 2 N–H and O–H groups in total. The van der Waals surface area contributed by atoms with Gasteiger partial charge in [-0.15, -0.1) is 0 Å². The number of para-hydroxylation sites is 1. The molecule has 1 aliphatic rings. The van der Waals surface area contributed by atoms with E-state index in [0.717, 1.165) is 42.0 Å². The lowest BCUT2D eigenvalue weighted by Crippen LogP contribution is -2.43. The van der Waals surface area contributed by atoms with E-state index in [9.17, 15) is 0 Å². The molecule has 1 unspecified atom stereocenters. The van der Waals surface area contributed by atoms with Crippen LogP contribution in [0.5, 0.6) is 5.75 Å². The highest BCUT2D eigenvalue weighted by Crippen LogP contribution is 2.25. The largest absolute Gasteiger partial charge is 0.494 e. The first kappa shape index (κ1) is 14.3. The van der Waals surface area contributed by atoms with Crippen molar-refractivity contribution in [3.05, 3.63) is 36.0 Å². The Morgan fingerprint density at radius 1 is 1.29 bits per heavy atom. The number of aromatic nitrogens is 1. The summed E-state index contributed by atoms with van der Waals surface area (Å²) in [6, 6.07) is 10.8. The fourth-order valence-corrected chi connectivity index (χ4v) is 3.16. The van der Waals surface area contributed by atoms with Crippen molar-refractivity contribution in [2.45, 2.75) is 31.8 Å². The second-order valence-electron chi connectivity index (χ2n) is 5.69. The van der Waals surface area contributed by atoms with Gasteiger partial charge in [-0.25, -0.2) is 4.98 Å². The molecule has 112 valence electrons. The molecule has 0 aliphatic carbocycles. The third kappa shape index (κ3) is 3.01. The average molecular weight is 285 g/mol. The number of nitrogens with zero attached hydrogens (tertiary/aromatic N) is 2. The molecular weight excluding hydrogens is 262 g/mol. The number of pyridine rings is 1. The summed E-state index contributed by atoms with van der Waals surface area (Å²) in [4.78, 5) is 7.27. The zero-order chi connectivity index (χ0) is 14.7. The number of ether oxygens (including phenoxy) is 1. The quantitative estimate of drug-likeness (QED) is 0.938. The minimum Gasteiger partial charge on any atom is -0.494 e. The van der Waals surface area contributed by atoms with Gasteiger partial charge in [0.2, 0.25) is 0 Å². The Labute approximate surface area is 125 Å². The third-order valence-corrected chi connectivity index (χ3v) is 4.35. The molecule has 2 heterocycles. The van der Waals surface area contributed by atoms with E-state index in [-0.39, 0.29) is 0 Å². The summed E-state index contributed by atoms with van der Waals surface area (Å²) in [5.74, 6) is 0.836. The van der Waals surface area contributed by atoms with Crippen molar-refractivity contribution in [3.8, 4) is 5.75 Å². The van der Waals surface area contributed by atoms with Gasteiger partial charge in [-0.05, 0) is 31.5 Å². The molecule has 1 atom stereocenters. The number of nitrogens with two attached hydrogens (primary N) is 1. The maximum Gasteiger partial charge on any atom is 0.145 e. The highest BCUT2D eigenvalue weighted by Gasteiger charge is 2.21. The molecule has 0 amide bonds. The maximum absolute atomic E-state index is 5.90. The van der Waals surface area contributed by atoms with E-state index in [0.29, 0.717) is 6.04 Å². The van der Waals surface area contributed by atoms with Gasteiger partial charge in [0, 0.05) is 24.5 Å². The Morgan fingerprint density at radius 3 is 3.00 bits per heavy atom. The number of benzene rings is 1. The van der Waals surface area contributed by atoms with Gasteiger partial charge < -0.3 is 10.5 Å². The zero-order valence-corrected chi connectivity index (χ0v) is 12.6. The van der Waals surface area contributed by atoms with Gasteiger partial charge in [0.1, 0.15) is 11.3 Å². The molecule has 3 rings (SSSR count). The summed E-state index contributed by atoms with van der Waals surface area (Å²) < 4.78 is 5.42. The van der Waals surface area contributed by atoms with Crippen LogP contribution in [-0.4, -0.2) is 36.1 Å². The van der Waals surface area contributed by atoms with Crippen LogP contribution in [0.25, 0.3) is 10.9 Å². The number of likely N-dealkylation sites (tertiary alicyclic amines) is 1. The summed E-state index contributed by atoms with van der Waals surface area (Å²) in [6.45, 7) is 2.72. The Morgan fingerprint density at radius 2 is 2.19 bits per heavy atom. The highest BCUT2D eigenvalue weighted by molar-refractivity contribution is 5.84. The van der Waals surface area contributed by atoms with E-state index in [1.807, 2.05) is 12.1 Å². The predicted octanol–water partition coefficient (Wildman–Crippen LogP) is 2.56. The molecule has 2 aromatic rings. The van der Waals surface area contributed by atoms with E-state index in [2.05, 4.69) is 23.1 Å². The molecule has 0 bridgehead atoms. The van der Waals surface area contributed by atoms with Gasteiger partial charge in [-0.3, -0.25) is 4.90 Å². The topological polar surface area (TPSA) is 51.4 Å². The SMILES string of the molecule is COc1cccc2ccc(CN3CCCCC3CN)nc12. The van der Waals surface area contributed by atoms with Crippen LogP contribution in [0.1, 0.15) is 25.0 Å². The first-order chi connectivity index (χ1) is 10.3. The molecule has 1 aliphatic heterocycles. The minimum absolute atomic E-state index is 0.494. The second kappa shape index (κ2) is 6.41. The van der Waals surface area contributed by atoms with Crippen molar-refractivity contribution in [2.24, 2.45) is 5.73 Å². The summed E-state index contributed by atoms with van der Waals surface area (Å²) >= 11 is 0. The van der Waals surface area contributed by atoms with Crippen LogP contribution in [0.15, 0.2) is 30.3 Å². The van der Waals surface area contributed by atoms with Crippen molar-refractivity contribution in [2.75, 3.05) is 20.2 Å². The van der Waals surface area contributed by atoms with Crippen molar-refractivity contribution in [3.63, 3.8) is 0 Å². The normalized spacial score (nSPS) is 19.8. The monoisotopic (exact) mass is 285 g/mol. The highest BCUT2D eigenvalue weighted by atomic mass is 16.5. The van der Waals surface area contributed by atoms with E-state index in [4.69, 9.17) is 15.5 Å². The van der Waals surface area contributed by atoms with Crippen molar-refractivity contribution in [1.29, 1.82) is 0 Å². The average Bonchev–Trinajstić information content (AvgIpc) is 2.54. The lowest BCUT2D eigenvalue weighted by Gasteiger charge is -2.34. The maximum atomic E-state index is 5.90. The van der Waals surface area contributed by atoms with Gasteiger partial charge in [-0.2, -0.15) is 0 Å². The van der Waals surface area contributed by atoms with Crippen molar-refractivity contribution >= 4 is 10.9 Å². The third-order valence-electron chi connectivity index (χ3n) is 4.35. The van der Waals surface area contributed by atoms with Crippen LogP contribution in [-0.2, 0) is 6.54 Å². The number of hydrogen-bond acceptors (Lipinski definition) is 4. The summed E-state index contributed by atoms with van der Waals surface area (Å²) in [5.41, 5.74) is 7.93. The molecule has 1 saturated heterocycles. The smallest absolute Gasteiger partial charge is 0.145 e. The van der Waals surface area contributed by atoms with Gasteiger partial charge in [0.05, 0.1) is 12.8 Å². The lowest BCUT2D eigenvalue weighted by atomic mass is 10.0. The number of methoxy groups -OCH3 is 1. The van der Waals surface area contributed by atoms with E-state index in [1.165, 1.54) is 19.3 Å². The molecule has 21 heavy (non-hydrogen) atoms. The van der Waals surface area contributed by atoms with Crippen LogP contribution in [0, 0.1) is 0 Å². The van der Waals surface area contributed by atoms with Crippen LogP contribution in [0.4, 0.5) is 0 Å². The molecule has 1 aromatic carbocycles. The Hall–Kier alpha value is -1.65. The van der Waals surface area contributed by atoms with Crippen LogP contribution in [0.2, 0.25) is 0 Å². The van der Waals surface area contributed by atoms with Crippen LogP contribution in [0.3, 0.4) is 0 Å². The van der Waals surface area contributed by atoms with Gasteiger partial charge in [0.15, 0.2) is 0 Å². The van der Waals surface area contributed by atoms with E-state index in [1.54, 1.807) is 7.11 Å². The minimum atomic E-state index is 0.494. The lowest BCUT2D eigenvalue weighted by molar-refractivity contribution is 0.143. The molecular formula is C17H23N3O. The summed E-state index contributed by atoms with van der Waals surface area (Å²) in [7, 11) is 1.69. The zero-order valence-electron chi connectivity index (χ0n) is 12.6. The fourth-order valence-electron chi connectivity index (χ4n) is 3.16. The molecule has 0 saturated carbocycles. The number of rotatable bonds is 4. The van der Waals surface area contributed by atoms with Crippen molar-refractivity contribution < 1.29 is 4.74 Å². The standard InChI is InChI=1S/C17H23N3O/c1-21-16-7-4-5-13-8-9-14(19-17(13)16)12-20-10-3-2-6-15(20)11-18/h4-5,7-9,15H,2-3,6,10-12,18H2,1H3. The second-order valence-corrected chi connectivity index (χ2v) is 5.69. The number of hydrogen-bond donors (Lipinski definition) is 1. The Bertz CT molecular complexity index is 614. The van der Waals surface area contributed by atoms with Crippen LogP contribution >= 0.6 is 0 Å². The molecule has 0 spiro atoms. The predicted molar refractivity (Wildman–Crippen MR) is 85.4 cm³/mol. The molecule has 0 radical (unpaired) electrons. The van der Waals surface area contributed by atoms with Gasteiger partial charge in [0.25, 0.3) is 0 Å². The van der Waals surface area contributed by atoms with Gasteiger partial charge in [-0.1, -0.05) is 24.6 Å². The summed E-state index contributed by atoms with van der Waals surface area (Å²) in [5, 5.41) is 1.12. The van der Waals surface area contributed by atoms with Gasteiger partial charge >= 0.3 is 0 Å². The van der Waals surface area contributed by atoms with Crippen molar-refractivity contribution in [1.82, 2.24) is 9.88 Å². The van der Waals surface area contributed by atoms with Crippen LogP contribution < -0.4 is 10.5 Å².